The zero-order chi connectivity index (χ0) is 13.9. The lowest BCUT2D eigenvalue weighted by Crippen LogP contribution is -2.53. The first-order chi connectivity index (χ1) is 9.07. The van der Waals surface area contributed by atoms with Crippen LogP contribution in [0.2, 0.25) is 0 Å². The molecule has 0 saturated carbocycles. The number of nitrogens with zero attached hydrogens (tertiary/aromatic N) is 2. The molecular formula is C13H19N3O3. The van der Waals surface area contributed by atoms with Crippen molar-refractivity contribution in [3.05, 3.63) is 0 Å². The van der Waals surface area contributed by atoms with Gasteiger partial charge in [0.2, 0.25) is 11.8 Å². The van der Waals surface area contributed by atoms with E-state index in [9.17, 15) is 14.9 Å². The van der Waals surface area contributed by atoms with E-state index in [1.807, 2.05) is 0 Å². The maximum Gasteiger partial charge on any atom is 0.240 e. The largest absolute Gasteiger partial charge is 0.381 e. The summed E-state index contributed by atoms with van der Waals surface area (Å²) in [6.07, 6.45) is 1.98. The first-order valence-electron chi connectivity index (χ1n) is 6.61. The van der Waals surface area contributed by atoms with Crippen LogP contribution in [0.1, 0.15) is 25.7 Å². The molecule has 0 spiro atoms. The lowest BCUT2D eigenvalue weighted by atomic mass is 9.80. The van der Waals surface area contributed by atoms with Gasteiger partial charge in [0.05, 0.1) is 6.07 Å². The van der Waals surface area contributed by atoms with Crippen LogP contribution < -0.4 is 5.32 Å². The molecule has 0 aliphatic carbocycles. The van der Waals surface area contributed by atoms with Gasteiger partial charge in [0.15, 0.2) is 0 Å². The minimum Gasteiger partial charge on any atom is -0.381 e. The minimum atomic E-state index is -0.960. The fourth-order valence-electron chi connectivity index (χ4n) is 2.56. The van der Waals surface area contributed by atoms with Crippen LogP contribution in [0, 0.1) is 16.7 Å². The van der Waals surface area contributed by atoms with Crippen LogP contribution in [0.3, 0.4) is 0 Å². The Morgan fingerprint density at radius 2 is 2.21 bits per heavy atom. The normalized spacial score (nSPS) is 26.6. The Bertz CT molecular complexity index is 410. The molecule has 2 aliphatic heterocycles. The second-order valence-corrected chi connectivity index (χ2v) is 5.29. The lowest BCUT2D eigenvalue weighted by Gasteiger charge is -2.34. The number of ether oxygens (including phenoxy) is 1. The van der Waals surface area contributed by atoms with E-state index in [2.05, 4.69) is 11.4 Å². The molecule has 0 aromatic rings. The summed E-state index contributed by atoms with van der Waals surface area (Å²) in [5.41, 5.74) is -0.960. The number of nitriles is 1. The van der Waals surface area contributed by atoms with E-state index >= 15 is 0 Å². The second kappa shape index (κ2) is 5.57. The average molecular weight is 265 g/mol. The number of rotatable bonds is 2. The van der Waals surface area contributed by atoms with Crippen molar-refractivity contribution in [2.24, 2.45) is 5.41 Å². The summed E-state index contributed by atoms with van der Waals surface area (Å²) in [5, 5.41) is 12.2. The molecule has 2 saturated heterocycles. The number of amides is 2. The Balaban J connectivity index is 1.96. The molecule has 0 aromatic heterocycles. The summed E-state index contributed by atoms with van der Waals surface area (Å²) in [6.45, 7) is 1.41. The molecule has 6 heteroatoms. The van der Waals surface area contributed by atoms with Gasteiger partial charge in [-0.3, -0.25) is 9.59 Å². The monoisotopic (exact) mass is 265 g/mol. The number of carbonyl (C=O) groups excluding carboxylic acids is 2. The van der Waals surface area contributed by atoms with Gasteiger partial charge in [-0.2, -0.15) is 5.26 Å². The fourth-order valence-corrected chi connectivity index (χ4v) is 2.56. The van der Waals surface area contributed by atoms with E-state index in [0.29, 0.717) is 45.4 Å². The zero-order valence-corrected chi connectivity index (χ0v) is 11.1. The third kappa shape index (κ3) is 2.87. The van der Waals surface area contributed by atoms with Gasteiger partial charge in [0, 0.05) is 39.3 Å². The van der Waals surface area contributed by atoms with Gasteiger partial charge in [0.1, 0.15) is 5.41 Å². The van der Waals surface area contributed by atoms with Gasteiger partial charge < -0.3 is 15.0 Å². The molecule has 0 bridgehead atoms. The van der Waals surface area contributed by atoms with Crippen molar-refractivity contribution in [2.45, 2.75) is 31.7 Å². The number of piperidine rings is 1. The number of likely N-dealkylation sites (tertiary alicyclic amines) is 1. The smallest absolute Gasteiger partial charge is 0.240 e. The molecule has 2 fully saturated rings. The van der Waals surface area contributed by atoms with Crippen LogP contribution in [0.25, 0.3) is 0 Å². The Morgan fingerprint density at radius 1 is 1.53 bits per heavy atom. The Labute approximate surface area is 112 Å². The molecule has 2 amide bonds. The van der Waals surface area contributed by atoms with E-state index in [4.69, 9.17) is 4.74 Å². The molecule has 6 nitrogen and oxygen atoms in total. The molecule has 1 unspecified atom stereocenters. The van der Waals surface area contributed by atoms with E-state index < -0.39 is 5.41 Å². The summed E-state index contributed by atoms with van der Waals surface area (Å²) in [6, 6.07) is 2.10. The highest BCUT2D eigenvalue weighted by Gasteiger charge is 2.41. The van der Waals surface area contributed by atoms with E-state index in [-0.39, 0.29) is 17.9 Å². The Hall–Kier alpha value is -1.61. The van der Waals surface area contributed by atoms with Gasteiger partial charge in [-0.1, -0.05) is 0 Å². The van der Waals surface area contributed by atoms with Crippen LogP contribution in [0.15, 0.2) is 0 Å². The van der Waals surface area contributed by atoms with Crippen LogP contribution >= 0.6 is 0 Å². The van der Waals surface area contributed by atoms with Crippen molar-refractivity contribution in [3.63, 3.8) is 0 Å². The lowest BCUT2D eigenvalue weighted by molar-refractivity contribution is -0.137. The quantitative estimate of drug-likeness (QED) is 0.764. The van der Waals surface area contributed by atoms with Gasteiger partial charge in [-0.15, -0.1) is 0 Å². The third-order valence-corrected chi connectivity index (χ3v) is 3.96. The zero-order valence-electron chi connectivity index (χ0n) is 11.1. The van der Waals surface area contributed by atoms with Gasteiger partial charge in [0.25, 0.3) is 0 Å². The van der Waals surface area contributed by atoms with Crippen LogP contribution in [-0.2, 0) is 14.3 Å². The first kappa shape index (κ1) is 13.8. The highest BCUT2D eigenvalue weighted by atomic mass is 16.5. The summed E-state index contributed by atoms with van der Waals surface area (Å²) in [4.78, 5) is 25.3. The number of likely N-dealkylation sites (N-methyl/N-ethyl adjacent to an activating group) is 1. The standard InChI is InChI=1S/C13H19N3O3/c1-16-8-10(2-3-11(16)17)15-12(18)13(9-14)4-6-19-7-5-13/h10H,2-8H2,1H3,(H,15,18). The van der Waals surface area contributed by atoms with Crippen molar-refractivity contribution in [2.75, 3.05) is 26.8 Å². The fraction of sp³-hybridized carbons (Fsp3) is 0.769. The summed E-state index contributed by atoms with van der Waals surface area (Å²) >= 11 is 0. The minimum absolute atomic E-state index is 0.0525. The number of hydrogen-bond donors (Lipinski definition) is 1. The predicted octanol–water partition coefficient (Wildman–Crippen LogP) is 0.0438. The molecule has 0 aromatic carbocycles. The summed E-state index contributed by atoms with van der Waals surface area (Å²) < 4.78 is 5.21. The molecule has 2 heterocycles. The maximum atomic E-state index is 12.3. The van der Waals surface area contributed by atoms with Crippen molar-refractivity contribution in [1.82, 2.24) is 10.2 Å². The summed E-state index contributed by atoms with van der Waals surface area (Å²) in [7, 11) is 1.73. The van der Waals surface area contributed by atoms with Crippen LogP contribution in [0.5, 0.6) is 0 Å². The molecule has 2 rings (SSSR count). The molecule has 2 aliphatic rings. The predicted molar refractivity (Wildman–Crippen MR) is 66.9 cm³/mol. The first-order valence-corrected chi connectivity index (χ1v) is 6.61. The third-order valence-electron chi connectivity index (χ3n) is 3.96. The van der Waals surface area contributed by atoms with E-state index in [1.165, 1.54) is 0 Å². The van der Waals surface area contributed by atoms with Gasteiger partial charge in [-0.05, 0) is 19.3 Å². The van der Waals surface area contributed by atoms with E-state index in [0.717, 1.165) is 0 Å². The number of hydrogen-bond acceptors (Lipinski definition) is 4. The molecular weight excluding hydrogens is 246 g/mol. The highest BCUT2D eigenvalue weighted by Crippen LogP contribution is 2.30. The molecule has 1 N–H and O–H groups in total. The van der Waals surface area contributed by atoms with Gasteiger partial charge >= 0.3 is 0 Å². The molecule has 104 valence electrons. The van der Waals surface area contributed by atoms with Crippen molar-refractivity contribution < 1.29 is 14.3 Å². The molecule has 0 radical (unpaired) electrons. The van der Waals surface area contributed by atoms with Crippen LogP contribution in [0.4, 0.5) is 0 Å². The second-order valence-electron chi connectivity index (χ2n) is 5.29. The number of carbonyl (C=O) groups is 2. The van der Waals surface area contributed by atoms with Crippen LogP contribution in [-0.4, -0.2) is 49.6 Å². The topological polar surface area (TPSA) is 82.4 Å². The molecule has 19 heavy (non-hydrogen) atoms. The maximum absolute atomic E-state index is 12.3. The van der Waals surface area contributed by atoms with Crippen molar-refractivity contribution in [1.29, 1.82) is 5.26 Å². The Kier molecular flexibility index (Phi) is 4.05. The summed E-state index contributed by atoms with van der Waals surface area (Å²) in [5.74, 6) is -0.113. The van der Waals surface area contributed by atoms with E-state index in [1.54, 1.807) is 11.9 Å². The number of nitrogens with one attached hydrogen (secondary N) is 1. The van der Waals surface area contributed by atoms with Gasteiger partial charge in [-0.25, -0.2) is 0 Å². The SMILES string of the molecule is CN1CC(NC(=O)C2(C#N)CCOCC2)CCC1=O. The molecule has 1 atom stereocenters. The van der Waals surface area contributed by atoms with Crippen molar-refractivity contribution >= 4 is 11.8 Å². The highest BCUT2D eigenvalue weighted by molar-refractivity contribution is 5.86. The Morgan fingerprint density at radius 3 is 2.79 bits per heavy atom. The van der Waals surface area contributed by atoms with Crippen molar-refractivity contribution in [3.8, 4) is 6.07 Å². The average Bonchev–Trinajstić information content (AvgIpc) is 2.43.